The molecule has 3 nitrogen and oxygen atoms in total. The van der Waals surface area contributed by atoms with Crippen molar-refractivity contribution in [1.82, 2.24) is 15.1 Å². The third-order valence-electron chi connectivity index (χ3n) is 5.51. The van der Waals surface area contributed by atoms with Crippen LogP contribution < -0.4 is 5.32 Å². The van der Waals surface area contributed by atoms with Gasteiger partial charge in [0.15, 0.2) is 0 Å². The molecule has 3 unspecified atom stereocenters. The fourth-order valence-electron chi connectivity index (χ4n) is 4.28. The molecule has 0 bridgehead atoms. The highest BCUT2D eigenvalue weighted by atomic mass is 15.3. The third-order valence-corrected chi connectivity index (χ3v) is 5.51. The van der Waals surface area contributed by atoms with Crippen LogP contribution in [0.5, 0.6) is 0 Å². The van der Waals surface area contributed by atoms with Gasteiger partial charge in [-0.3, -0.25) is 9.80 Å². The van der Waals surface area contributed by atoms with Crippen molar-refractivity contribution in [2.45, 2.75) is 83.0 Å². The molecule has 0 radical (unpaired) electrons. The Kier molecular flexibility index (Phi) is 5.00. The van der Waals surface area contributed by atoms with Crippen LogP contribution in [0.25, 0.3) is 0 Å². The molecule has 0 amide bonds. The van der Waals surface area contributed by atoms with E-state index in [9.17, 15) is 0 Å². The molecule has 116 valence electrons. The zero-order valence-corrected chi connectivity index (χ0v) is 13.5. The molecule has 3 fully saturated rings. The summed E-state index contributed by atoms with van der Waals surface area (Å²) in [5.41, 5.74) is 0. The topological polar surface area (TPSA) is 18.5 Å². The lowest BCUT2D eigenvalue weighted by Crippen LogP contribution is -2.48. The predicted octanol–water partition coefficient (Wildman–Crippen LogP) is 2.47. The Morgan fingerprint density at radius 1 is 1.20 bits per heavy atom. The molecule has 1 N–H and O–H groups in total. The first-order chi connectivity index (χ1) is 9.78. The van der Waals surface area contributed by atoms with E-state index in [1.807, 2.05) is 0 Å². The van der Waals surface area contributed by atoms with E-state index in [0.717, 1.165) is 24.2 Å². The summed E-state index contributed by atoms with van der Waals surface area (Å²) < 4.78 is 0. The van der Waals surface area contributed by atoms with Crippen molar-refractivity contribution in [1.29, 1.82) is 0 Å². The largest absolute Gasteiger partial charge is 0.313 e. The smallest absolute Gasteiger partial charge is 0.0238 e. The van der Waals surface area contributed by atoms with E-state index in [4.69, 9.17) is 0 Å². The van der Waals surface area contributed by atoms with Crippen molar-refractivity contribution in [3.8, 4) is 0 Å². The molecule has 2 heterocycles. The Hall–Kier alpha value is -0.120. The Balaban J connectivity index is 1.55. The Morgan fingerprint density at radius 3 is 2.70 bits per heavy atom. The molecule has 2 saturated heterocycles. The van der Waals surface area contributed by atoms with Gasteiger partial charge in [0, 0.05) is 37.3 Å². The van der Waals surface area contributed by atoms with Crippen molar-refractivity contribution in [2.75, 3.05) is 26.2 Å². The van der Waals surface area contributed by atoms with E-state index in [1.165, 1.54) is 71.1 Å². The van der Waals surface area contributed by atoms with Crippen LogP contribution in [-0.4, -0.2) is 60.1 Å². The van der Waals surface area contributed by atoms with Gasteiger partial charge in [-0.2, -0.15) is 0 Å². The van der Waals surface area contributed by atoms with Gasteiger partial charge in [-0.05, 0) is 58.5 Å². The molecule has 3 aliphatic rings. The fraction of sp³-hybridized carbons (Fsp3) is 1.00. The first-order valence-corrected chi connectivity index (χ1v) is 9.01. The van der Waals surface area contributed by atoms with E-state index in [0.29, 0.717) is 0 Å². The van der Waals surface area contributed by atoms with Crippen molar-refractivity contribution in [3.05, 3.63) is 0 Å². The highest BCUT2D eigenvalue weighted by Gasteiger charge is 2.40. The highest BCUT2D eigenvalue weighted by Crippen LogP contribution is 2.34. The predicted molar refractivity (Wildman–Crippen MR) is 85.1 cm³/mol. The summed E-state index contributed by atoms with van der Waals surface area (Å²) in [5.74, 6) is 0. The second-order valence-electron chi connectivity index (χ2n) is 7.31. The maximum absolute atomic E-state index is 3.73. The SMILES string of the molecule is CCCN(CC1CCCCN1)C1CC(C)N(C2CC2)C1. The number of rotatable bonds is 6. The number of likely N-dealkylation sites (tertiary alicyclic amines) is 1. The standard InChI is InChI=1S/C17H33N3/c1-3-10-19(12-15-6-4-5-9-18-15)17-11-14(2)20(13-17)16-7-8-16/h14-18H,3-13H2,1-2H3. The van der Waals surface area contributed by atoms with Gasteiger partial charge in [0.2, 0.25) is 0 Å². The molecule has 0 aromatic heterocycles. The molecule has 2 aliphatic heterocycles. The second-order valence-corrected chi connectivity index (χ2v) is 7.31. The lowest BCUT2D eigenvalue weighted by atomic mass is 10.0. The van der Waals surface area contributed by atoms with E-state index >= 15 is 0 Å². The van der Waals surface area contributed by atoms with E-state index < -0.39 is 0 Å². The normalized spacial score (nSPS) is 35.9. The fourth-order valence-corrected chi connectivity index (χ4v) is 4.28. The van der Waals surface area contributed by atoms with Gasteiger partial charge in [-0.25, -0.2) is 0 Å². The minimum Gasteiger partial charge on any atom is -0.313 e. The molecule has 20 heavy (non-hydrogen) atoms. The van der Waals surface area contributed by atoms with Crippen LogP contribution in [0, 0.1) is 0 Å². The quantitative estimate of drug-likeness (QED) is 0.806. The zero-order chi connectivity index (χ0) is 13.9. The molecule has 0 spiro atoms. The Labute approximate surface area is 125 Å². The molecule has 0 aromatic carbocycles. The van der Waals surface area contributed by atoms with E-state index in [2.05, 4.69) is 29.0 Å². The summed E-state index contributed by atoms with van der Waals surface area (Å²) in [6.45, 7) is 9.91. The number of nitrogens with one attached hydrogen (secondary N) is 1. The Morgan fingerprint density at radius 2 is 2.05 bits per heavy atom. The monoisotopic (exact) mass is 279 g/mol. The molecule has 0 aromatic rings. The number of piperidine rings is 1. The molecule has 1 saturated carbocycles. The molecule has 3 atom stereocenters. The third kappa shape index (κ3) is 3.55. The van der Waals surface area contributed by atoms with Gasteiger partial charge in [-0.1, -0.05) is 13.3 Å². The van der Waals surface area contributed by atoms with Gasteiger partial charge in [0.05, 0.1) is 0 Å². The van der Waals surface area contributed by atoms with Crippen LogP contribution in [0.15, 0.2) is 0 Å². The first kappa shape index (κ1) is 14.8. The van der Waals surface area contributed by atoms with Crippen LogP contribution in [0.3, 0.4) is 0 Å². The van der Waals surface area contributed by atoms with Crippen LogP contribution in [0.4, 0.5) is 0 Å². The average molecular weight is 279 g/mol. The molecular formula is C17H33N3. The summed E-state index contributed by atoms with van der Waals surface area (Å²) in [5, 5.41) is 3.73. The van der Waals surface area contributed by atoms with Crippen LogP contribution in [0.1, 0.15) is 58.8 Å². The second kappa shape index (κ2) is 6.76. The van der Waals surface area contributed by atoms with Gasteiger partial charge in [-0.15, -0.1) is 0 Å². The van der Waals surface area contributed by atoms with Crippen molar-refractivity contribution in [3.63, 3.8) is 0 Å². The Bertz CT molecular complexity index is 297. The van der Waals surface area contributed by atoms with Crippen molar-refractivity contribution in [2.24, 2.45) is 0 Å². The van der Waals surface area contributed by atoms with E-state index in [1.54, 1.807) is 0 Å². The summed E-state index contributed by atoms with van der Waals surface area (Å²) in [7, 11) is 0. The maximum atomic E-state index is 3.73. The van der Waals surface area contributed by atoms with Gasteiger partial charge >= 0.3 is 0 Å². The van der Waals surface area contributed by atoms with Crippen molar-refractivity contribution < 1.29 is 0 Å². The number of nitrogens with zero attached hydrogens (tertiary/aromatic N) is 2. The van der Waals surface area contributed by atoms with Gasteiger partial charge in [0.25, 0.3) is 0 Å². The summed E-state index contributed by atoms with van der Waals surface area (Å²) >= 11 is 0. The lowest BCUT2D eigenvalue weighted by molar-refractivity contribution is 0.162. The van der Waals surface area contributed by atoms with Gasteiger partial charge < -0.3 is 5.32 Å². The zero-order valence-electron chi connectivity index (χ0n) is 13.5. The maximum Gasteiger partial charge on any atom is 0.0238 e. The average Bonchev–Trinajstić information content (AvgIpc) is 3.22. The first-order valence-electron chi connectivity index (χ1n) is 9.01. The number of hydrogen-bond acceptors (Lipinski definition) is 3. The van der Waals surface area contributed by atoms with Crippen LogP contribution in [0.2, 0.25) is 0 Å². The highest BCUT2D eigenvalue weighted by molar-refractivity contribution is 4.97. The molecular weight excluding hydrogens is 246 g/mol. The molecule has 3 rings (SSSR count). The van der Waals surface area contributed by atoms with E-state index in [-0.39, 0.29) is 0 Å². The van der Waals surface area contributed by atoms with Crippen LogP contribution in [-0.2, 0) is 0 Å². The lowest BCUT2D eigenvalue weighted by Gasteiger charge is -2.34. The summed E-state index contributed by atoms with van der Waals surface area (Å²) in [6, 6.07) is 3.31. The van der Waals surface area contributed by atoms with Crippen molar-refractivity contribution >= 4 is 0 Å². The summed E-state index contributed by atoms with van der Waals surface area (Å²) in [6.07, 6.45) is 9.77. The number of hydrogen-bond donors (Lipinski definition) is 1. The minimum absolute atomic E-state index is 0.751. The molecule has 3 heteroatoms. The summed E-state index contributed by atoms with van der Waals surface area (Å²) in [4.78, 5) is 5.60. The molecule has 1 aliphatic carbocycles. The van der Waals surface area contributed by atoms with Gasteiger partial charge in [0.1, 0.15) is 0 Å². The van der Waals surface area contributed by atoms with Crippen LogP contribution >= 0.6 is 0 Å². The minimum atomic E-state index is 0.751.